The molecule has 16 heavy (non-hydrogen) atoms. The van der Waals surface area contributed by atoms with Gasteiger partial charge in [-0.1, -0.05) is 30.3 Å². The number of carboxylic acid groups (broad SMARTS) is 1. The molecule has 0 aliphatic heterocycles. The smallest absolute Gasteiger partial charge is 0.304 e. The van der Waals surface area contributed by atoms with Crippen LogP contribution in [0.25, 0.3) is 0 Å². The van der Waals surface area contributed by atoms with Crippen molar-refractivity contribution in [1.82, 2.24) is 5.32 Å². The molecule has 0 aromatic heterocycles. The van der Waals surface area contributed by atoms with Gasteiger partial charge >= 0.3 is 5.97 Å². The second-order valence-corrected chi connectivity index (χ2v) is 3.80. The Bertz CT molecular complexity index is 316. The topological polar surface area (TPSA) is 49.3 Å². The Morgan fingerprint density at radius 2 is 1.88 bits per heavy atom. The van der Waals surface area contributed by atoms with Crippen molar-refractivity contribution in [3.8, 4) is 0 Å². The molecule has 2 unspecified atom stereocenters. The van der Waals surface area contributed by atoms with E-state index in [1.165, 1.54) is 5.56 Å². The van der Waals surface area contributed by atoms with E-state index in [1.807, 2.05) is 44.2 Å². The first-order valence-corrected chi connectivity index (χ1v) is 5.12. The molecule has 2 N–H and O–H groups in total. The normalized spacial score (nSPS) is 13.6. The molecule has 0 bridgehead atoms. The van der Waals surface area contributed by atoms with Crippen LogP contribution in [0.3, 0.4) is 0 Å². The van der Waals surface area contributed by atoms with Gasteiger partial charge in [0.15, 0.2) is 0 Å². The number of nitrogens with one attached hydrogen (secondary N) is 1. The Balaban J connectivity index is 0.00000225. The van der Waals surface area contributed by atoms with Crippen molar-refractivity contribution in [2.24, 2.45) is 0 Å². The molecule has 0 amide bonds. The molecule has 0 spiro atoms. The lowest BCUT2D eigenvalue weighted by Gasteiger charge is -2.18. The third kappa shape index (κ3) is 5.14. The first-order valence-electron chi connectivity index (χ1n) is 5.12. The van der Waals surface area contributed by atoms with E-state index in [2.05, 4.69) is 5.32 Å². The zero-order valence-electron chi connectivity index (χ0n) is 9.51. The van der Waals surface area contributed by atoms with Crippen molar-refractivity contribution < 1.29 is 9.90 Å². The molecular formula is C12H18ClNO2. The van der Waals surface area contributed by atoms with Gasteiger partial charge in [0, 0.05) is 12.1 Å². The maximum atomic E-state index is 10.5. The number of rotatable bonds is 5. The molecule has 1 rings (SSSR count). The van der Waals surface area contributed by atoms with Crippen molar-refractivity contribution in [1.29, 1.82) is 0 Å². The van der Waals surface area contributed by atoms with E-state index in [9.17, 15) is 4.79 Å². The summed E-state index contributed by atoms with van der Waals surface area (Å²) in [4.78, 5) is 10.5. The number of carbonyl (C=O) groups is 1. The monoisotopic (exact) mass is 243 g/mol. The van der Waals surface area contributed by atoms with Crippen LogP contribution >= 0.6 is 12.4 Å². The van der Waals surface area contributed by atoms with Gasteiger partial charge in [0.05, 0.1) is 6.42 Å². The van der Waals surface area contributed by atoms with E-state index in [1.54, 1.807) is 0 Å². The molecule has 1 aromatic carbocycles. The maximum Gasteiger partial charge on any atom is 0.304 e. The van der Waals surface area contributed by atoms with Crippen LogP contribution in [0.5, 0.6) is 0 Å². The number of benzene rings is 1. The number of hydrogen-bond donors (Lipinski definition) is 2. The predicted octanol–water partition coefficient (Wildman–Crippen LogP) is 2.62. The van der Waals surface area contributed by atoms with Crippen LogP contribution in [0.1, 0.15) is 31.9 Å². The van der Waals surface area contributed by atoms with Gasteiger partial charge in [0.2, 0.25) is 0 Å². The molecule has 0 heterocycles. The van der Waals surface area contributed by atoms with Crippen molar-refractivity contribution in [3.05, 3.63) is 35.9 Å². The van der Waals surface area contributed by atoms with Gasteiger partial charge < -0.3 is 10.4 Å². The quantitative estimate of drug-likeness (QED) is 0.836. The van der Waals surface area contributed by atoms with Gasteiger partial charge in [-0.3, -0.25) is 4.79 Å². The summed E-state index contributed by atoms with van der Waals surface area (Å²) in [5.41, 5.74) is 1.18. The molecule has 0 aliphatic rings. The molecule has 0 saturated carbocycles. The van der Waals surface area contributed by atoms with E-state index in [-0.39, 0.29) is 30.9 Å². The largest absolute Gasteiger partial charge is 0.481 e. The summed E-state index contributed by atoms with van der Waals surface area (Å²) in [7, 11) is 0. The highest BCUT2D eigenvalue weighted by atomic mass is 35.5. The summed E-state index contributed by atoms with van der Waals surface area (Å²) >= 11 is 0. The third-order valence-corrected chi connectivity index (χ3v) is 2.31. The average Bonchev–Trinajstić information content (AvgIpc) is 2.17. The molecule has 0 aliphatic carbocycles. The van der Waals surface area contributed by atoms with Gasteiger partial charge in [-0.15, -0.1) is 12.4 Å². The molecule has 0 radical (unpaired) electrons. The van der Waals surface area contributed by atoms with E-state index in [0.29, 0.717) is 0 Å². The van der Waals surface area contributed by atoms with E-state index in [4.69, 9.17) is 5.11 Å². The zero-order chi connectivity index (χ0) is 11.3. The van der Waals surface area contributed by atoms with Crippen LogP contribution in [-0.2, 0) is 4.79 Å². The highest BCUT2D eigenvalue weighted by Gasteiger charge is 2.11. The van der Waals surface area contributed by atoms with Crippen molar-refractivity contribution in [2.45, 2.75) is 32.4 Å². The zero-order valence-corrected chi connectivity index (χ0v) is 10.3. The number of halogens is 1. The highest BCUT2D eigenvalue weighted by Crippen LogP contribution is 2.12. The Hall–Kier alpha value is -1.06. The second-order valence-electron chi connectivity index (χ2n) is 3.80. The summed E-state index contributed by atoms with van der Waals surface area (Å²) in [6.45, 7) is 3.92. The Kier molecular flexibility index (Phi) is 6.77. The number of aliphatic carboxylic acids is 1. The predicted molar refractivity (Wildman–Crippen MR) is 67.0 cm³/mol. The molecule has 1 aromatic rings. The molecule has 3 nitrogen and oxygen atoms in total. The van der Waals surface area contributed by atoms with Gasteiger partial charge in [0.1, 0.15) is 0 Å². The third-order valence-electron chi connectivity index (χ3n) is 2.31. The van der Waals surface area contributed by atoms with Crippen LogP contribution in [-0.4, -0.2) is 17.1 Å². The lowest BCUT2D eigenvalue weighted by molar-refractivity contribution is -0.137. The molecule has 2 atom stereocenters. The van der Waals surface area contributed by atoms with Crippen LogP contribution in [0.4, 0.5) is 0 Å². The minimum atomic E-state index is -0.768. The summed E-state index contributed by atoms with van der Waals surface area (Å²) in [6, 6.07) is 10.2. The van der Waals surface area contributed by atoms with Gasteiger partial charge in [-0.25, -0.2) is 0 Å². The average molecular weight is 244 g/mol. The van der Waals surface area contributed by atoms with Crippen molar-refractivity contribution in [3.63, 3.8) is 0 Å². The van der Waals surface area contributed by atoms with Gasteiger partial charge in [-0.05, 0) is 19.4 Å². The van der Waals surface area contributed by atoms with Gasteiger partial charge in [0.25, 0.3) is 0 Å². The first kappa shape index (κ1) is 14.9. The van der Waals surface area contributed by atoms with Gasteiger partial charge in [-0.2, -0.15) is 0 Å². The standard InChI is InChI=1S/C12H17NO2.ClH/c1-9(8-12(14)15)13-10(2)11-6-4-3-5-7-11;/h3-7,9-10,13H,8H2,1-2H3,(H,14,15);1H. The van der Waals surface area contributed by atoms with E-state index < -0.39 is 5.97 Å². The Morgan fingerprint density at radius 1 is 1.31 bits per heavy atom. The SMILES string of the molecule is CC(CC(=O)O)NC(C)c1ccccc1.Cl. The maximum absolute atomic E-state index is 10.5. The van der Waals surface area contributed by atoms with E-state index in [0.717, 1.165) is 0 Å². The molecule has 4 heteroatoms. The Morgan fingerprint density at radius 3 is 2.38 bits per heavy atom. The summed E-state index contributed by atoms with van der Waals surface area (Å²) in [6.07, 6.45) is 0.150. The molecule has 0 saturated heterocycles. The number of carboxylic acids is 1. The lowest BCUT2D eigenvalue weighted by atomic mass is 10.1. The summed E-state index contributed by atoms with van der Waals surface area (Å²) in [5.74, 6) is -0.768. The van der Waals surface area contributed by atoms with Crippen molar-refractivity contribution in [2.75, 3.05) is 0 Å². The highest BCUT2D eigenvalue weighted by molar-refractivity contribution is 5.85. The van der Waals surface area contributed by atoms with E-state index >= 15 is 0 Å². The fourth-order valence-electron chi connectivity index (χ4n) is 1.59. The summed E-state index contributed by atoms with van der Waals surface area (Å²) in [5, 5.41) is 11.9. The van der Waals surface area contributed by atoms with Crippen LogP contribution in [0, 0.1) is 0 Å². The fourth-order valence-corrected chi connectivity index (χ4v) is 1.59. The summed E-state index contributed by atoms with van der Waals surface area (Å²) < 4.78 is 0. The first-order chi connectivity index (χ1) is 7.09. The lowest BCUT2D eigenvalue weighted by Crippen LogP contribution is -2.30. The minimum Gasteiger partial charge on any atom is -0.481 e. The fraction of sp³-hybridized carbons (Fsp3) is 0.417. The number of hydrogen-bond acceptors (Lipinski definition) is 2. The minimum absolute atomic E-state index is 0. The molecule has 0 fully saturated rings. The second kappa shape index (κ2) is 7.25. The van der Waals surface area contributed by atoms with Crippen LogP contribution < -0.4 is 5.32 Å². The Labute approximate surface area is 102 Å². The molecule has 90 valence electrons. The van der Waals surface area contributed by atoms with Crippen molar-refractivity contribution >= 4 is 18.4 Å². The molecular weight excluding hydrogens is 226 g/mol. The van der Waals surface area contributed by atoms with Crippen LogP contribution in [0.2, 0.25) is 0 Å². The van der Waals surface area contributed by atoms with Crippen LogP contribution in [0.15, 0.2) is 30.3 Å².